The van der Waals surface area contributed by atoms with Gasteiger partial charge in [-0.25, -0.2) is 4.79 Å². The minimum Gasteiger partial charge on any atom is -0.462 e. The smallest absolute Gasteiger partial charge is 0.338 e. The maximum Gasteiger partial charge on any atom is 0.338 e. The van der Waals surface area contributed by atoms with Gasteiger partial charge in [0.2, 0.25) is 0 Å². The van der Waals surface area contributed by atoms with Crippen LogP contribution in [-0.2, 0) is 11.3 Å². The predicted molar refractivity (Wildman–Crippen MR) is 79.1 cm³/mol. The fourth-order valence-corrected chi connectivity index (χ4v) is 2.59. The number of hydrogen-bond donors (Lipinski definition) is 1. The second kappa shape index (κ2) is 6.59. The maximum absolute atomic E-state index is 11.5. The molecule has 2 aromatic rings. The van der Waals surface area contributed by atoms with Crippen molar-refractivity contribution < 1.29 is 9.53 Å². The highest BCUT2D eigenvalue weighted by atomic mass is 35.5. The zero-order chi connectivity index (χ0) is 13.7. The number of carbonyl (C=O) groups is 1. The van der Waals surface area contributed by atoms with Crippen LogP contribution in [0, 0.1) is 0 Å². The Balaban J connectivity index is 1.93. The Kier molecular flexibility index (Phi) is 4.82. The molecule has 0 bridgehead atoms. The number of rotatable bonds is 5. The molecule has 1 N–H and O–H groups in total. The first-order valence-corrected chi connectivity index (χ1v) is 7.18. The minimum atomic E-state index is -0.293. The second-order valence-corrected chi connectivity index (χ2v) is 5.31. The summed E-state index contributed by atoms with van der Waals surface area (Å²) in [5, 5.41) is 5.94. The van der Waals surface area contributed by atoms with E-state index in [-0.39, 0.29) is 5.97 Å². The summed E-state index contributed by atoms with van der Waals surface area (Å²) in [4.78, 5) is 12.6. The number of carbonyl (C=O) groups excluding carboxylic acids is 1. The first-order valence-electron chi connectivity index (χ1n) is 5.93. The quantitative estimate of drug-likeness (QED) is 0.841. The molecule has 1 aromatic carbocycles. The summed E-state index contributed by atoms with van der Waals surface area (Å²) in [5.74, 6) is -0.293. The van der Waals surface area contributed by atoms with Crippen LogP contribution in [0.1, 0.15) is 22.2 Å². The van der Waals surface area contributed by atoms with Gasteiger partial charge in [-0.05, 0) is 37.3 Å². The van der Waals surface area contributed by atoms with Crippen LogP contribution in [0.3, 0.4) is 0 Å². The van der Waals surface area contributed by atoms with Crippen LogP contribution in [0.2, 0.25) is 5.02 Å². The van der Waals surface area contributed by atoms with Gasteiger partial charge in [0.1, 0.15) is 0 Å². The number of halogens is 1. The summed E-state index contributed by atoms with van der Waals surface area (Å²) in [7, 11) is 0. The molecule has 0 fully saturated rings. The van der Waals surface area contributed by atoms with Gasteiger partial charge in [-0.2, -0.15) is 0 Å². The molecule has 2 rings (SSSR count). The van der Waals surface area contributed by atoms with Crippen molar-refractivity contribution in [2.24, 2.45) is 0 Å². The van der Waals surface area contributed by atoms with Crippen molar-refractivity contribution in [3.8, 4) is 0 Å². The Morgan fingerprint density at radius 1 is 1.37 bits per heavy atom. The Morgan fingerprint density at radius 3 is 2.68 bits per heavy atom. The third-order valence-electron chi connectivity index (χ3n) is 2.48. The SMILES string of the molecule is CCOC(=O)c1ccc(NCc2cc(Cl)cs2)cc1. The lowest BCUT2D eigenvalue weighted by molar-refractivity contribution is 0.0526. The van der Waals surface area contributed by atoms with Gasteiger partial charge in [0.05, 0.1) is 17.2 Å². The zero-order valence-corrected chi connectivity index (χ0v) is 12.1. The van der Waals surface area contributed by atoms with E-state index in [1.54, 1.807) is 30.4 Å². The zero-order valence-electron chi connectivity index (χ0n) is 10.5. The number of nitrogens with one attached hydrogen (secondary N) is 1. The summed E-state index contributed by atoms with van der Waals surface area (Å²) < 4.78 is 4.93. The van der Waals surface area contributed by atoms with Gasteiger partial charge in [-0.15, -0.1) is 11.3 Å². The summed E-state index contributed by atoms with van der Waals surface area (Å²) in [6.07, 6.45) is 0. The van der Waals surface area contributed by atoms with Crippen molar-refractivity contribution in [3.05, 3.63) is 51.2 Å². The van der Waals surface area contributed by atoms with E-state index >= 15 is 0 Å². The summed E-state index contributed by atoms with van der Waals surface area (Å²) in [6, 6.07) is 9.17. The highest BCUT2D eigenvalue weighted by Crippen LogP contribution is 2.20. The van der Waals surface area contributed by atoms with Crippen LogP contribution in [0.5, 0.6) is 0 Å². The molecule has 0 spiro atoms. The molecule has 1 heterocycles. The molecule has 0 unspecified atom stereocenters. The average Bonchev–Trinajstić information content (AvgIpc) is 2.83. The van der Waals surface area contributed by atoms with E-state index in [1.807, 2.05) is 23.6 Å². The third-order valence-corrected chi connectivity index (χ3v) is 3.77. The molecular formula is C14H14ClNO2S. The molecule has 5 heteroatoms. The number of benzene rings is 1. The van der Waals surface area contributed by atoms with Gasteiger partial charge in [0, 0.05) is 22.5 Å². The van der Waals surface area contributed by atoms with E-state index in [9.17, 15) is 4.79 Å². The molecule has 0 aliphatic rings. The molecule has 1 aromatic heterocycles. The van der Waals surface area contributed by atoms with Gasteiger partial charge in [0.25, 0.3) is 0 Å². The summed E-state index contributed by atoms with van der Waals surface area (Å²) in [5.41, 5.74) is 1.52. The van der Waals surface area contributed by atoms with Crippen LogP contribution < -0.4 is 5.32 Å². The topological polar surface area (TPSA) is 38.3 Å². The van der Waals surface area contributed by atoms with Crippen molar-refractivity contribution in [3.63, 3.8) is 0 Å². The highest BCUT2D eigenvalue weighted by molar-refractivity contribution is 7.10. The Bertz CT molecular complexity index is 551. The van der Waals surface area contributed by atoms with E-state index < -0.39 is 0 Å². The van der Waals surface area contributed by atoms with Crippen LogP contribution in [0.25, 0.3) is 0 Å². The van der Waals surface area contributed by atoms with Crippen LogP contribution in [0.4, 0.5) is 5.69 Å². The third kappa shape index (κ3) is 3.98. The molecule has 19 heavy (non-hydrogen) atoms. The number of esters is 1. The molecule has 3 nitrogen and oxygen atoms in total. The highest BCUT2D eigenvalue weighted by Gasteiger charge is 2.05. The van der Waals surface area contributed by atoms with Crippen LogP contribution in [0.15, 0.2) is 35.7 Å². The molecular weight excluding hydrogens is 282 g/mol. The summed E-state index contributed by atoms with van der Waals surface area (Å²) >= 11 is 7.47. The largest absolute Gasteiger partial charge is 0.462 e. The molecule has 0 saturated carbocycles. The van der Waals surface area contributed by atoms with E-state index in [1.165, 1.54) is 4.88 Å². The van der Waals surface area contributed by atoms with Crippen molar-refractivity contribution in [1.29, 1.82) is 0 Å². The van der Waals surface area contributed by atoms with Gasteiger partial charge in [-0.3, -0.25) is 0 Å². The molecule has 0 radical (unpaired) electrons. The van der Waals surface area contributed by atoms with Crippen molar-refractivity contribution in [1.82, 2.24) is 0 Å². The Morgan fingerprint density at radius 2 is 2.11 bits per heavy atom. The molecule has 0 atom stereocenters. The fraction of sp³-hybridized carbons (Fsp3) is 0.214. The van der Waals surface area contributed by atoms with Crippen LogP contribution >= 0.6 is 22.9 Å². The van der Waals surface area contributed by atoms with E-state index in [4.69, 9.17) is 16.3 Å². The molecule has 0 aliphatic carbocycles. The predicted octanol–water partition coefficient (Wildman–Crippen LogP) is 4.19. The lowest BCUT2D eigenvalue weighted by atomic mass is 10.2. The number of thiophene rings is 1. The number of ether oxygens (including phenoxy) is 1. The maximum atomic E-state index is 11.5. The second-order valence-electron chi connectivity index (χ2n) is 3.88. The van der Waals surface area contributed by atoms with Gasteiger partial charge in [0.15, 0.2) is 0 Å². The average molecular weight is 296 g/mol. The molecule has 0 saturated heterocycles. The van der Waals surface area contributed by atoms with Crippen molar-refractivity contribution >= 4 is 34.6 Å². The summed E-state index contributed by atoms with van der Waals surface area (Å²) in [6.45, 7) is 2.90. The Labute approximate surface area is 121 Å². The first-order chi connectivity index (χ1) is 9.19. The Hall–Kier alpha value is -1.52. The molecule has 100 valence electrons. The first kappa shape index (κ1) is 13.9. The lowest BCUT2D eigenvalue weighted by Gasteiger charge is -2.06. The van der Waals surface area contributed by atoms with Gasteiger partial charge in [-0.1, -0.05) is 11.6 Å². The normalized spacial score (nSPS) is 10.2. The van der Waals surface area contributed by atoms with Gasteiger partial charge >= 0.3 is 5.97 Å². The van der Waals surface area contributed by atoms with E-state index in [2.05, 4.69) is 5.32 Å². The number of anilines is 1. The van der Waals surface area contributed by atoms with Gasteiger partial charge < -0.3 is 10.1 Å². The van der Waals surface area contributed by atoms with Crippen LogP contribution in [-0.4, -0.2) is 12.6 Å². The van der Waals surface area contributed by atoms with E-state index in [0.717, 1.165) is 17.3 Å². The fourth-order valence-electron chi connectivity index (χ4n) is 1.57. The van der Waals surface area contributed by atoms with Crippen molar-refractivity contribution in [2.45, 2.75) is 13.5 Å². The molecule has 0 aliphatic heterocycles. The van der Waals surface area contributed by atoms with E-state index in [0.29, 0.717) is 12.2 Å². The number of hydrogen-bond acceptors (Lipinski definition) is 4. The molecule has 0 amide bonds. The van der Waals surface area contributed by atoms with Crippen molar-refractivity contribution in [2.75, 3.05) is 11.9 Å². The minimum absolute atomic E-state index is 0.293. The lowest BCUT2D eigenvalue weighted by Crippen LogP contribution is -2.04. The standard InChI is InChI=1S/C14H14ClNO2S/c1-2-18-14(17)10-3-5-12(6-4-10)16-8-13-7-11(15)9-19-13/h3-7,9,16H,2,8H2,1H3. The monoisotopic (exact) mass is 295 g/mol.